The summed E-state index contributed by atoms with van der Waals surface area (Å²) in [5.74, 6) is 1.03. The Bertz CT molecular complexity index is 409. The topological polar surface area (TPSA) is 41.6 Å². The van der Waals surface area contributed by atoms with Crippen LogP contribution in [-0.4, -0.2) is 36.5 Å². The number of hydrogen-bond acceptors (Lipinski definition) is 3. The normalized spacial score (nSPS) is 14.8. The number of carbonyl (C=O) groups excluding carboxylic acids is 1. The summed E-state index contributed by atoms with van der Waals surface area (Å²) in [7, 11) is 0. The van der Waals surface area contributed by atoms with Gasteiger partial charge in [0.2, 0.25) is 5.91 Å². The van der Waals surface area contributed by atoms with Crippen molar-refractivity contribution in [2.75, 3.05) is 25.0 Å². The van der Waals surface area contributed by atoms with Gasteiger partial charge in [-0.05, 0) is 51.0 Å². The molecule has 1 N–H and O–H groups in total. The first kappa shape index (κ1) is 13.7. The molecule has 1 fully saturated rings. The number of rotatable bonds is 5. The fourth-order valence-corrected chi connectivity index (χ4v) is 2.18. The minimum atomic E-state index is 0.176. The Morgan fingerprint density at radius 2 is 1.89 bits per heavy atom. The van der Waals surface area contributed by atoms with Gasteiger partial charge >= 0.3 is 0 Å². The smallest absolute Gasteiger partial charge is 0.241 e. The van der Waals surface area contributed by atoms with Gasteiger partial charge in [0, 0.05) is 18.8 Å². The van der Waals surface area contributed by atoms with Crippen LogP contribution in [0, 0.1) is 0 Å². The molecule has 0 radical (unpaired) electrons. The molecule has 0 unspecified atom stereocenters. The summed E-state index contributed by atoms with van der Waals surface area (Å²) >= 11 is 0. The Hall–Kier alpha value is -1.71. The molecule has 0 aliphatic carbocycles. The van der Waals surface area contributed by atoms with Gasteiger partial charge in [-0.15, -0.1) is 0 Å². The highest BCUT2D eigenvalue weighted by atomic mass is 16.5. The molecule has 0 aromatic heterocycles. The number of nitrogens with one attached hydrogen (secondary N) is 1. The summed E-state index contributed by atoms with van der Waals surface area (Å²) in [4.78, 5) is 13.8. The largest absolute Gasteiger partial charge is 0.491 e. The summed E-state index contributed by atoms with van der Waals surface area (Å²) in [6, 6.07) is 7.72. The maximum atomic E-state index is 11.9. The van der Waals surface area contributed by atoms with E-state index >= 15 is 0 Å². The summed E-state index contributed by atoms with van der Waals surface area (Å²) in [5, 5.41) is 3.16. The van der Waals surface area contributed by atoms with Crippen molar-refractivity contribution >= 4 is 11.6 Å². The molecule has 1 saturated heterocycles. The molecule has 1 aliphatic heterocycles. The summed E-state index contributed by atoms with van der Waals surface area (Å²) in [6.07, 6.45) is 2.44. The Kier molecular flexibility index (Phi) is 4.66. The van der Waals surface area contributed by atoms with Gasteiger partial charge in [-0.3, -0.25) is 4.79 Å². The van der Waals surface area contributed by atoms with Gasteiger partial charge in [0.05, 0.1) is 12.6 Å². The zero-order valence-corrected chi connectivity index (χ0v) is 11.7. The van der Waals surface area contributed by atoms with Crippen molar-refractivity contribution in [1.82, 2.24) is 4.90 Å². The number of hydrogen-bond donors (Lipinski definition) is 1. The molecular weight excluding hydrogens is 240 g/mol. The lowest BCUT2D eigenvalue weighted by Crippen LogP contribution is -2.32. The van der Waals surface area contributed by atoms with Crippen LogP contribution in [0.3, 0.4) is 0 Å². The summed E-state index contributed by atoms with van der Waals surface area (Å²) < 4.78 is 5.57. The van der Waals surface area contributed by atoms with Crippen molar-refractivity contribution in [3.63, 3.8) is 0 Å². The molecule has 1 aromatic carbocycles. The lowest BCUT2D eigenvalue weighted by molar-refractivity contribution is -0.128. The maximum absolute atomic E-state index is 11.9. The number of nitrogens with zero attached hydrogens (tertiary/aromatic N) is 1. The standard InChI is InChI=1S/C15H22N2O2/c1-12(2)19-14-7-5-13(6-8-14)16-11-15(18)17-9-3-4-10-17/h5-8,12,16H,3-4,9-11H2,1-2H3. The number of likely N-dealkylation sites (tertiary alicyclic amines) is 1. The predicted molar refractivity (Wildman–Crippen MR) is 76.5 cm³/mol. The number of carbonyl (C=O) groups is 1. The Morgan fingerprint density at radius 3 is 2.47 bits per heavy atom. The van der Waals surface area contributed by atoms with E-state index in [0.717, 1.165) is 37.4 Å². The van der Waals surface area contributed by atoms with Crippen LogP contribution in [0.1, 0.15) is 26.7 Å². The van der Waals surface area contributed by atoms with Crippen LogP contribution in [0.5, 0.6) is 5.75 Å². The van der Waals surface area contributed by atoms with Crippen LogP contribution in [0.15, 0.2) is 24.3 Å². The third-order valence-electron chi connectivity index (χ3n) is 3.13. The van der Waals surface area contributed by atoms with Crippen LogP contribution < -0.4 is 10.1 Å². The van der Waals surface area contributed by atoms with E-state index in [1.165, 1.54) is 0 Å². The molecule has 0 atom stereocenters. The average Bonchev–Trinajstić information content (AvgIpc) is 2.91. The third-order valence-corrected chi connectivity index (χ3v) is 3.13. The number of amides is 1. The summed E-state index contributed by atoms with van der Waals surface area (Å²) in [6.45, 7) is 6.18. The van der Waals surface area contributed by atoms with Crippen LogP contribution in [-0.2, 0) is 4.79 Å². The Balaban J connectivity index is 1.80. The van der Waals surface area contributed by atoms with Gasteiger partial charge in [-0.1, -0.05) is 0 Å². The van der Waals surface area contributed by atoms with E-state index in [2.05, 4.69) is 5.32 Å². The first-order valence-corrected chi connectivity index (χ1v) is 6.93. The third kappa shape index (κ3) is 4.16. The molecule has 1 aliphatic rings. The van der Waals surface area contributed by atoms with E-state index in [1.54, 1.807) is 0 Å². The highest BCUT2D eigenvalue weighted by Crippen LogP contribution is 2.17. The van der Waals surface area contributed by atoms with Gasteiger partial charge in [0.25, 0.3) is 0 Å². The van der Waals surface area contributed by atoms with Gasteiger partial charge in [0.1, 0.15) is 5.75 Å². The predicted octanol–water partition coefficient (Wildman–Crippen LogP) is 2.51. The molecule has 0 bridgehead atoms. The van der Waals surface area contributed by atoms with E-state index in [4.69, 9.17) is 4.74 Å². The van der Waals surface area contributed by atoms with Gasteiger partial charge in [-0.2, -0.15) is 0 Å². The van der Waals surface area contributed by atoms with Crippen LogP contribution in [0.4, 0.5) is 5.69 Å². The van der Waals surface area contributed by atoms with Crippen molar-refractivity contribution in [1.29, 1.82) is 0 Å². The monoisotopic (exact) mass is 262 g/mol. The minimum Gasteiger partial charge on any atom is -0.491 e. The Morgan fingerprint density at radius 1 is 1.26 bits per heavy atom. The average molecular weight is 262 g/mol. The van der Waals surface area contributed by atoms with Gasteiger partial charge in [-0.25, -0.2) is 0 Å². The SMILES string of the molecule is CC(C)Oc1ccc(NCC(=O)N2CCCC2)cc1. The van der Waals surface area contributed by atoms with Crippen LogP contribution >= 0.6 is 0 Å². The van der Waals surface area contributed by atoms with Gasteiger partial charge in [0.15, 0.2) is 0 Å². The Labute approximate surface area is 114 Å². The molecule has 104 valence electrons. The maximum Gasteiger partial charge on any atom is 0.241 e. The molecule has 2 rings (SSSR count). The fraction of sp³-hybridized carbons (Fsp3) is 0.533. The molecule has 1 aromatic rings. The van der Waals surface area contributed by atoms with E-state index in [0.29, 0.717) is 6.54 Å². The fourth-order valence-electron chi connectivity index (χ4n) is 2.18. The summed E-state index contributed by atoms with van der Waals surface area (Å²) in [5.41, 5.74) is 0.948. The van der Waals surface area contributed by atoms with E-state index in [-0.39, 0.29) is 12.0 Å². The molecule has 4 nitrogen and oxygen atoms in total. The minimum absolute atomic E-state index is 0.176. The highest BCUT2D eigenvalue weighted by Gasteiger charge is 2.17. The van der Waals surface area contributed by atoms with Crippen molar-refractivity contribution < 1.29 is 9.53 Å². The second kappa shape index (κ2) is 6.45. The first-order chi connectivity index (χ1) is 9.15. The van der Waals surface area contributed by atoms with Crippen molar-refractivity contribution in [3.8, 4) is 5.75 Å². The second-order valence-electron chi connectivity index (χ2n) is 5.13. The number of ether oxygens (including phenoxy) is 1. The molecule has 0 saturated carbocycles. The lowest BCUT2D eigenvalue weighted by Gasteiger charge is -2.16. The van der Waals surface area contributed by atoms with Crippen molar-refractivity contribution in [2.45, 2.75) is 32.8 Å². The van der Waals surface area contributed by atoms with Crippen molar-refractivity contribution in [2.24, 2.45) is 0 Å². The first-order valence-electron chi connectivity index (χ1n) is 6.93. The van der Waals surface area contributed by atoms with E-state index in [9.17, 15) is 4.79 Å². The quantitative estimate of drug-likeness (QED) is 0.886. The molecule has 4 heteroatoms. The van der Waals surface area contributed by atoms with Crippen LogP contribution in [0.2, 0.25) is 0 Å². The molecular formula is C15H22N2O2. The molecule has 1 amide bonds. The highest BCUT2D eigenvalue weighted by molar-refractivity contribution is 5.81. The zero-order chi connectivity index (χ0) is 13.7. The van der Waals surface area contributed by atoms with E-state index < -0.39 is 0 Å². The number of benzene rings is 1. The molecule has 1 heterocycles. The van der Waals surface area contributed by atoms with Gasteiger partial charge < -0.3 is 15.0 Å². The lowest BCUT2D eigenvalue weighted by atomic mass is 10.3. The number of anilines is 1. The van der Waals surface area contributed by atoms with Crippen molar-refractivity contribution in [3.05, 3.63) is 24.3 Å². The molecule has 19 heavy (non-hydrogen) atoms. The molecule has 0 spiro atoms. The van der Waals surface area contributed by atoms with Crippen LogP contribution in [0.25, 0.3) is 0 Å². The zero-order valence-electron chi connectivity index (χ0n) is 11.7. The second-order valence-corrected chi connectivity index (χ2v) is 5.13. The van der Waals surface area contributed by atoms with E-state index in [1.807, 2.05) is 43.0 Å².